The lowest BCUT2D eigenvalue weighted by molar-refractivity contribution is -0.130. The molecule has 10 heteroatoms. The van der Waals surface area contributed by atoms with Crippen LogP contribution in [0.3, 0.4) is 0 Å². The van der Waals surface area contributed by atoms with Gasteiger partial charge in [0.2, 0.25) is 5.91 Å². The van der Waals surface area contributed by atoms with Gasteiger partial charge in [-0.2, -0.15) is 0 Å². The van der Waals surface area contributed by atoms with Crippen LogP contribution in [-0.2, 0) is 27.4 Å². The number of amides is 3. The number of hydrazine groups is 1. The Balaban J connectivity index is 1.94. The summed E-state index contributed by atoms with van der Waals surface area (Å²) in [6, 6.07) is 12.6. The van der Waals surface area contributed by atoms with Gasteiger partial charge in [-0.1, -0.05) is 42.5 Å². The highest BCUT2D eigenvalue weighted by Crippen LogP contribution is 2.11. The van der Waals surface area contributed by atoms with E-state index in [4.69, 9.17) is 10.6 Å². The molecule has 2 atom stereocenters. The lowest BCUT2D eigenvalue weighted by atomic mass is 10.0. The first-order chi connectivity index (χ1) is 14.4. The van der Waals surface area contributed by atoms with Crippen LogP contribution in [-0.4, -0.2) is 46.8 Å². The predicted molar refractivity (Wildman–Crippen MR) is 107 cm³/mol. The number of carbonyl (C=O) groups is 3. The predicted octanol–water partition coefficient (Wildman–Crippen LogP) is -0.303. The molecule has 0 aliphatic heterocycles. The molecule has 0 aliphatic rings. The Morgan fingerprint density at radius 1 is 0.900 bits per heavy atom. The molecular formula is C20H24N4O6. The Hall–Kier alpha value is -3.63. The summed E-state index contributed by atoms with van der Waals surface area (Å²) in [5.41, 5.74) is 3.37. The van der Waals surface area contributed by atoms with Crippen LogP contribution in [0.2, 0.25) is 0 Å². The molecule has 0 saturated carbocycles. The van der Waals surface area contributed by atoms with Crippen molar-refractivity contribution in [3.63, 3.8) is 0 Å². The van der Waals surface area contributed by atoms with Crippen molar-refractivity contribution in [3.8, 4) is 5.75 Å². The van der Waals surface area contributed by atoms with Crippen LogP contribution in [0.5, 0.6) is 5.75 Å². The third-order valence-electron chi connectivity index (χ3n) is 4.16. The van der Waals surface area contributed by atoms with E-state index in [1.54, 1.807) is 36.4 Å². The number of carbonyl (C=O) groups excluding carboxylic acids is 3. The molecular weight excluding hydrogens is 392 g/mol. The molecule has 160 valence electrons. The number of aliphatic hydroxyl groups is 1. The molecule has 2 unspecified atom stereocenters. The van der Waals surface area contributed by atoms with Gasteiger partial charge in [-0.15, -0.1) is 0 Å². The number of nitrogens with one attached hydrogen (secondary N) is 3. The van der Waals surface area contributed by atoms with Crippen molar-refractivity contribution in [2.24, 2.45) is 5.84 Å². The van der Waals surface area contributed by atoms with Crippen molar-refractivity contribution in [1.29, 1.82) is 0 Å². The highest BCUT2D eigenvalue weighted by Gasteiger charge is 2.26. The van der Waals surface area contributed by atoms with E-state index in [0.29, 0.717) is 5.56 Å². The lowest BCUT2D eigenvalue weighted by Crippen LogP contribution is -2.56. The van der Waals surface area contributed by atoms with Gasteiger partial charge in [0.15, 0.2) is 0 Å². The zero-order valence-corrected chi connectivity index (χ0v) is 16.1. The summed E-state index contributed by atoms with van der Waals surface area (Å²) >= 11 is 0. The second-order valence-electron chi connectivity index (χ2n) is 6.38. The Labute approximate surface area is 173 Å². The van der Waals surface area contributed by atoms with Gasteiger partial charge < -0.3 is 25.6 Å². The number of aliphatic hydroxyl groups excluding tert-OH is 1. The Bertz CT molecular complexity index is 844. The van der Waals surface area contributed by atoms with Crippen molar-refractivity contribution in [1.82, 2.24) is 16.1 Å². The summed E-state index contributed by atoms with van der Waals surface area (Å²) in [5.74, 6) is 3.78. The molecule has 0 aromatic heterocycles. The number of phenols is 1. The maximum atomic E-state index is 12.5. The molecule has 7 N–H and O–H groups in total. The number of hydrogen-bond acceptors (Lipinski definition) is 7. The van der Waals surface area contributed by atoms with Crippen LogP contribution in [0.25, 0.3) is 0 Å². The van der Waals surface area contributed by atoms with Crippen LogP contribution >= 0.6 is 0 Å². The van der Waals surface area contributed by atoms with E-state index < -0.39 is 36.6 Å². The number of nitrogens with two attached hydrogens (primary N) is 1. The summed E-state index contributed by atoms with van der Waals surface area (Å²) in [4.78, 5) is 36.4. The standard InChI is InChI=1S/C20H24N4O6/c21-24-19(28)16(10-13-6-8-15(26)9-7-13)22-18(27)17(11-25)23-20(29)30-12-14-4-2-1-3-5-14/h1-9,16-17,25-26H,10-12,21H2,(H,22,27)(H,23,29)(H,24,28). The minimum atomic E-state index is -1.33. The second-order valence-corrected chi connectivity index (χ2v) is 6.38. The third-order valence-corrected chi connectivity index (χ3v) is 4.16. The van der Waals surface area contributed by atoms with Crippen LogP contribution in [0.15, 0.2) is 54.6 Å². The van der Waals surface area contributed by atoms with Gasteiger partial charge in [0.05, 0.1) is 6.61 Å². The fourth-order valence-electron chi connectivity index (χ4n) is 2.55. The first-order valence-corrected chi connectivity index (χ1v) is 9.09. The molecule has 0 spiro atoms. The first kappa shape index (κ1) is 22.7. The number of rotatable bonds is 9. The van der Waals surface area contributed by atoms with E-state index in [9.17, 15) is 24.6 Å². The number of benzene rings is 2. The van der Waals surface area contributed by atoms with Crippen molar-refractivity contribution < 1.29 is 29.3 Å². The van der Waals surface area contributed by atoms with Gasteiger partial charge in [0.25, 0.3) is 5.91 Å². The van der Waals surface area contributed by atoms with Gasteiger partial charge in [-0.05, 0) is 23.3 Å². The van der Waals surface area contributed by atoms with Gasteiger partial charge in [-0.3, -0.25) is 15.0 Å². The van der Waals surface area contributed by atoms with E-state index >= 15 is 0 Å². The highest BCUT2D eigenvalue weighted by molar-refractivity contribution is 5.91. The molecule has 0 fully saturated rings. The topological polar surface area (TPSA) is 163 Å². The minimum absolute atomic E-state index is 0.00843. The van der Waals surface area contributed by atoms with Crippen LogP contribution in [0.1, 0.15) is 11.1 Å². The first-order valence-electron chi connectivity index (χ1n) is 9.09. The average Bonchev–Trinajstić information content (AvgIpc) is 2.77. The molecule has 2 rings (SSSR count). The Morgan fingerprint density at radius 3 is 2.17 bits per heavy atom. The summed E-state index contributed by atoms with van der Waals surface area (Å²) in [7, 11) is 0. The number of hydrogen-bond donors (Lipinski definition) is 6. The van der Waals surface area contributed by atoms with Gasteiger partial charge in [-0.25, -0.2) is 10.6 Å². The quantitative estimate of drug-likeness (QED) is 0.186. The number of phenolic OH excluding ortho intramolecular Hbond substituents is 1. The maximum Gasteiger partial charge on any atom is 0.408 e. The van der Waals surface area contributed by atoms with Crippen molar-refractivity contribution in [2.45, 2.75) is 25.1 Å². The Kier molecular flexibility index (Phi) is 8.60. The summed E-state index contributed by atoms with van der Waals surface area (Å²) in [6.45, 7) is -0.714. The summed E-state index contributed by atoms with van der Waals surface area (Å²) in [6.07, 6.45) is -0.822. The minimum Gasteiger partial charge on any atom is -0.508 e. The van der Waals surface area contributed by atoms with Crippen molar-refractivity contribution in [2.75, 3.05) is 6.61 Å². The SMILES string of the molecule is NNC(=O)C(Cc1ccc(O)cc1)NC(=O)C(CO)NC(=O)OCc1ccccc1. The molecule has 2 aromatic rings. The zero-order chi connectivity index (χ0) is 21.9. The smallest absolute Gasteiger partial charge is 0.408 e. The van der Waals surface area contributed by atoms with Crippen molar-refractivity contribution >= 4 is 17.9 Å². The molecule has 0 radical (unpaired) electrons. The molecule has 3 amide bonds. The monoisotopic (exact) mass is 416 g/mol. The number of alkyl carbamates (subject to hydrolysis) is 1. The fourth-order valence-corrected chi connectivity index (χ4v) is 2.55. The lowest BCUT2D eigenvalue weighted by Gasteiger charge is -2.21. The van der Waals surface area contributed by atoms with Crippen LogP contribution in [0, 0.1) is 0 Å². The molecule has 0 aliphatic carbocycles. The van der Waals surface area contributed by atoms with E-state index in [1.807, 2.05) is 11.5 Å². The van der Waals surface area contributed by atoms with Crippen LogP contribution in [0.4, 0.5) is 4.79 Å². The maximum absolute atomic E-state index is 12.5. The van der Waals surface area contributed by atoms with Gasteiger partial charge >= 0.3 is 6.09 Å². The highest BCUT2D eigenvalue weighted by atomic mass is 16.5. The summed E-state index contributed by atoms with van der Waals surface area (Å²) < 4.78 is 5.03. The van der Waals surface area contributed by atoms with E-state index in [-0.39, 0.29) is 18.8 Å². The average molecular weight is 416 g/mol. The van der Waals surface area contributed by atoms with Gasteiger partial charge in [0, 0.05) is 6.42 Å². The van der Waals surface area contributed by atoms with E-state index in [1.165, 1.54) is 12.1 Å². The van der Waals surface area contributed by atoms with E-state index in [0.717, 1.165) is 5.56 Å². The van der Waals surface area contributed by atoms with E-state index in [2.05, 4.69) is 10.6 Å². The molecule has 2 aromatic carbocycles. The molecule has 10 nitrogen and oxygen atoms in total. The van der Waals surface area contributed by atoms with Crippen molar-refractivity contribution in [3.05, 3.63) is 65.7 Å². The zero-order valence-electron chi connectivity index (χ0n) is 16.1. The normalized spacial score (nSPS) is 12.3. The third kappa shape index (κ3) is 7.08. The molecule has 0 heterocycles. The molecule has 30 heavy (non-hydrogen) atoms. The largest absolute Gasteiger partial charge is 0.508 e. The number of ether oxygens (including phenoxy) is 1. The Morgan fingerprint density at radius 2 is 1.57 bits per heavy atom. The fraction of sp³-hybridized carbons (Fsp3) is 0.250. The molecule has 0 bridgehead atoms. The number of aromatic hydroxyl groups is 1. The summed E-state index contributed by atoms with van der Waals surface area (Å²) in [5, 5.41) is 23.5. The molecule has 0 saturated heterocycles. The second kappa shape index (κ2) is 11.4. The van der Waals surface area contributed by atoms with Gasteiger partial charge in [0.1, 0.15) is 24.4 Å². The van der Waals surface area contributed by atoms with Crippen LogP contribution < -0.4 is 21.9 Å².